The van der Waals surface area contributed by atoms with Crippen LogP contribution in [0, 0.1) is 11.3 Å². The maximum atomic E-state index is 12.0. The van der Waals surface area contributed by atoms with Gasteiger partial charge in [-0.15, -0.1) is 0 Å². The first-order valence-corrected chi connectivity index (χ1v) is 5.37. The van der Waals surface area contributed by atoms with Crippen molar-refractivity contribution < 1.29 is 4.79 Å². The number of carbonyl (C=O) groups is 1. The average Bonchev–Trinajstić information content (AvgIpc) is 2.36. The summed E-state index contributed by atoms with van der Waals surface area (Å²) in [7, 11) is 1.79. The quantitative estimate of drug-likeness (QED) is 0.778. The lowest BCUT2D eigenvalue weighted by molar-refractivity contribution is 0.0740. The molecule has 3 heteroatoms. The molecule has 0 aliphatic carbocycles. The highest BCUT2D eigenvalue weighted by atomic mass is 16.2. The Hall–Kier alpha value is -1.82. The Bertz CT molecular complexity index is 420. The third-order valence-electron chi connectivity index (χ3n) is 2.81. The molecule has 1 amide bonds. The summed E-state index contributed by atoms with van der Waals surface area (Å²) in [4.78, 5) is 13.7. The molecule has 0 spiro atoms. The zero-order chi connectivity index (χ0) is 12.1. The Morgan fingerprint density at radius 1 is 1.56 bits per heavy atom. The van der Waals surface area contributed by atoms with Crippen molar-refractivity contribution >= 4 is 5.91 Å². The summed E-state index contributed by atoms with van der Waals surface area (Å²) in [6.45, 7) is 4.05. The molecule has 16 heavy (non-hydrogen) atoms. The lowest BCUT2D eigenvalue weighted by Gasteiger charge is -2.23. The maximum Gasteiger partial charge on any atom is 0.253 e. The third-order valence-corrected chi connectivity index (χ3v) is 2.81. The first kappa shape index (κ1) is 12.3. The van der Waals surface area contributed by atoms with Gasteiger partial charge in [0.1, 0.15) is 0 Å². The zero-order valence-electron chi connectivity index (χ0n) is 9.90. The van der Waals surface area contributed by atoms with Crippen LogP contribution in [0.1, 0.15) is 36.2 Å². The number of benzene rings is 1. The first-order chi connectivity index (χ1) is 7.60. The number of hydrogen-bond donors (Lipinski definition) is 0. The molecule has 0 fully saturated rings. The molecule has 1 unspecified atom stereocenters. The van der Waals surface area contributed by atoms with Gasteiger partial charge in [-0.3, -0.25) is 4.79 Å². The normalized spacial score (nSPS) is 11.6. The summed E-state index contributed by atoms with van der Waals surface area (Å²) >= 11 is 0. The van der Waals surface area contributed by atoms with Gasteiger partial charge in [-0.05, 0) is 31.5 Å². The topological polar surface area (TPSA) is 44.1 Å². The molecule has 0 heterocycles. The average molecular weight is 216 g/mol. The Morgan fingerprint density at radius 2 is 2.25 bits per heavy atom. The molecule has 3 nitrogen and oxygen atoms in total. The lowest BCUT2D eigenvalue weighted by Crippen LogP contribution is -2.34. The predicted octanol–water partition coefficient (Wildman–Crippen LogP) is 2.43. The smallest absolute Gasteiger partial charge is 0.253 e. The fraction of sp³-hybridized carbons (Fsp3) is 0.385. The Morgan fingerprint density at radius 3 is 2.81 bits per heavy atom. The molecular formula is C13H16N2O. The van der Waals surface area contributed by atoms with E-state index in [4.69, 9.17) is 5.26 Å². The second kappa shape index (κ2) is 5.32. The van der Waals surface area contributed by atoms with Crippen LogP contribution in [0.4, 0.5) is 0 Å². The molecule has 0 aliphatic heterocycles. The van der Waals surface area contributed by atoms with Crippen LogP contribution in [0.2, 0.25) is 0 Å². The van der Waals surface area contributed by atoms with Gasteiger partial charge < -0.3 is 4.90 Å². The summed E-state index contributed by atoms with van der Waals surface area (Å²) < 4.78 is 0. The first-order valence-electron chi connectivity index (χ1n) is 5.37. The number of amides is 1. The van der Waals surface area contributed by atoms with Gasteiger partial charge in [0.2, 0.25) is 0 Å². The van der Waals surface area contributed by atoms with Crippen molar-refractivity contribution in [3.05, 3.63) is 35.4 Å². The Balaban J connectivity index is 2.92. The van der Waals surface area contributed by atoms with E-state index in [0.29, 0.717) is 11.1 Å². The van der Waals surface area contributed by atoms with Crippen LogP contribution >= 0.6 is 0 Å². The molecule has 1 aromatic carbocycles. The van der Waals surface area contributed by atoms with Gasteiger partial charge in [0.15, 0.2) is 0 Å². The minimum Gasteiger partial charge on any atom is -0.339 e. The Labute approximate surface area is 96.3 Å². The highest BCUT2D eigenvalue weighted by Crippen LogP contribution is 2.10. The SMILES string of the molecule is CCC(C)N(C)C(=O)c1cccc(C#N)c1. The minimum absolute atomic E-state index is 0.0357. The number of nitrogens with zero attached hydrogens (tertiary/aromatic N) is 2. The van der Waals surface area contributed by atoms with Gasteiger partial charge in [0.05, 0.1) is 11.6 Å². The van der Waals surface area contributed by atoms with Gasteiger partial charge >= 0.3 is 0 Å². The van der Waals surface area contributed by atoms with Crippen LogP contribution in [0.3, 0.4) is 0 Å². The van der Waals surface area contributed by atoms with E-state index in [2.05, 4.69) is 0 Å². The summed E-state index contributed by atoms with van der Waals surface area (Å²) in [6.07, 6.45) is 0.917. The highest BCUT2D eigenvalue weighted by molar-refractivity contribution is 5.94. The molecule has 0 saturated carbocycles. The van der Waals surface area contributed by atoms with Crippen molar-refractivity contribution in [3.8, 4) is 6.07 Å². The third kappa shape index (κ3) is 2.60. The van der Waals surface area contributed by atoms with Gasteiger partial charge in [0.25, 0.3) is 5.91 Å². The van der Waals surface area contributed by atoms with Crippen LogP contribution in [-0.4, -0.2) is 23.9 Å². The minimum atomic E-state index is -0.0357. The van der Waals surface area contributed by atoms with Crippen LogP contribution in [0.15, 0.2) is 24.3 Å². The maximum absolute atomic E-state index is 12.0. The van der Waals surface area contributed by atoms with Gasteiger partial charge in [-0.2, -0.15) is 5.26 Å². The van der Waals surface area contributed by atoms with E-state index < -0.39 is 0 Å². The molecular weight excluding hydrogens is 200 g/mol. The zero-order valence-corrected chi connectivity index (χ0v) is 9.90. The molecule has 84 valence electrons. The molecule has 1 rings (SSSR count). The monoisotopic (exact) mass is 216 g/mol. The molecule has 1 atom stereocenters. The van der Waals surface area contributed by atoms with E-state index in [1.54, 1.807) is 36.2 Å². The number of hydrogen-bond acceptors (Lipinski definition) is 2. The number of carbonyl (C=O) groups excluding carboxylic acids is 1. The van der Waals surface area contributed by atoms with Crippen molar-refractivity contribution in [3.63, 3.8) is 0 Å². The van der Waals surface area contributed by atoms with E-state index in [9.17, 15) is 4.79 Å². The largest absolute Gasteiger partial charge is 0.339 e. The summed E-state index contributed by atoms with van der Waals surface area (Å²) in [5.41, 5.74) is 1.09. The van der Waals surface area contributed by atoms with E-state index in [1.165, 1.54) is 0 Å². The molecule has 0 N–H and O–H groups in total. The second-order valence-corrected chi connectivity index (χ2v) is 3.87. The molecule has 0 aliphatic rings. The van der Waals surface area contributed by atoms with Crippen LogP contribution in [0.5, 0.6) is 0 Å². The summed E-state index contributed by atoms with van der Waals surface area (Å²) in [5, 5.41) is 8.76. The molecule has 0 saturated heterocycles. The molecule has 1 aromatic rings. The predicted molar refractivity (Wildman–Crippen MR) is 63.0 cm³/mol. The molecule has 0 bridgehead atoms. The lowest BCUT2D eigenvalue weighted by atomic mass is 10.1. The summed E-state index contributed by atoms with van der Waals surface area (Å²) in [6, 6.07) is 9.03. The Kier molecular flexibility index (Phi) is 4.07. The van der Waals surface area contributed by atoms with Crippen LogP contribution in [-0.2, 0) is 0 Å². The fourth-order valence-corrected chi connectivity index (χ4v) is 1.40. The molecule has 0 aromatic heterocycles. The second-order valence-electron chi connectivity index (χ2n) is 3.87. The van der Waals surface area contributed by atoms with Gasteiger partial charge in [-0.25, -0.2) is 0 Å². The van der Waals surface area contributed by atoms with E-state index in [-0.39, 0.29) is 11.9 Å². The van der Waals surface area contributed by atoms with Crippen molar-refractivity contribution in [2.75, 3.05) is 7.05 Å². The van der Waals surface area contributed by atoms with E-state index in [1.807, 2.05) is 19.9 Å². The number of nitriles is 1. The van der Waals surface area contributed by atoms with Gasteiger partial charge in [0, 0.05) is 18.7 Å². The van der Waals surface area contributed by atoms with Crippen molar-refractivity contribution in [1.82, 2.24) is 4.90 Å². The van der Waals surface area contributed by atoms with Gasteiger partial charge in [-0.1, -0.05) is 13.0 Å². The molecule has 0 radical (unpaired) electrons. The van der Waals surface area contributed by atoms with Crippen LogP contribution < -0.4 is 0 Å². The fourth-order valence-electron chi connectivity index (χ4n) is 1.40. The van der Waals surface area contributed by atoms with Crippen molar-refractivity contribution in [2.45, 2.75) is 26.3 Å². The summed E-state index contributed by atoms with van der Waals surface area (Å²) in [5.74, 6) is -0.0357. The number of rotatable bonds is 3. The van der Waals surface area contributed by atoms with Crippen molar-refractivity contribution in [2.24, 2.45) is 0 Å². The standard InChI is InChI=1S/C13H16N2O/c1-4-10(2)15(3)13(16)12-7-5-6-11(8-12)9-14/h5-8,10H,4H2,1-3H3. The van der Waals surface area contributed by atoms with Crippen LogP contribution in [0.25, 0.3) is 0 Å². The highest BCUT2D eigenvalue weighted by Gasteiger charge is 2.16. The van der Waals surface area contributed by atoms with E-state index in [0.717, 1.165) is 6.42 Å². The van der Waals surface area contributed by atoms with Crippen molar-refractivity contribution in [1.29, 1.82) is 5.26 Å². The van der Waals surface area contributed by atoms with E-state index >= 15 is 0 Å².